The van der Waals surface area contributed by atoms with Crippen molar-refractivity contribution in [1.29, 1.82) is 0 Å². The van der Waals surface area contributed by atoms with Crippen molar-refractivity contribution >= 4 is 29.0 Å². The summed E-state index contributed by atoms with van der Waals surface area (Å²) in [7, 11) is 0. The van der Waals surface area contributed by atoms with Crippen LogP contribution in [0.3, 0.4) is 0 Å². The maximum atomic E-state index is 12.7. The Morgan fingerprint density at radius 1 is 1.10 bits per heavy atom. The van der Waals surface area contributed by atoms with E-state index in [0.29, 0.717) is 24.6 Å². The Morgan fingerprint density at radius 2 is 1.93 bits per heavy atom. The highest BCUT2D eigenvalue weighted by Gasteiger charge is 2.30. The molecular formula is C29H32N8O4. The highest BCUT2D eigenvalue weighted by molar-refractivity contribution is 5.96. The zero-order valence-electron chi connectivity index (χ0n) is 22.9. The number of carbonyl (C=O) groups is 2. The molecule has 2 N–H and O–H groups in total. The molecule has 3 aromatic heterocycles. The van der Waals surface area contributed by atoms with Crippen molar-refractivity contribution < 1.29 is 19.1 Å². The number of anilines is 1. The number of benzene rings is 1. The van der Waals surface area contributed by atoms with Gasteiger partial charge in [0.05, 0.1) is 30.3 Å². The molecule has 2 aliphatic rings. The van der Waals surface area contributed by atoms with Gasteiger partial charge in [-0.05, 0) is 43.2 Å². The normalized spacial score (nSPS) is 17.6. The Labute approximate surface area is 237 Å². The van der Waals surface area contributed by atoms with Gasteiger partial charge in [0.15, 0.2) is 5.82 Å². The zero-order chi connectivity index (χ0) is 28.2. The Bertz CT molecular complexity index is 1510. The van der Waals surface area contributed by atoms with Crippen molar-refractivity contribution in [2.24, 2.45) is 5.92 Å². The van der Waals surface area contributed by atoms with Gasteiger partial charge in [-0.3, -0.25) is 20.0 Å². The van der Waals surface area contributed by atoms with Crippen LogP contribution in [0.2, 0.25) is 0 Å². The molecule has 1 atom stereocenters. The van der Waals surface area contributed by atoms with Gasteiger partial charge in [-0.25, -0.2) is 19.7 Å². The molecule has 0 bridgehead atoms. The molecule has 212 valence electrons. The Hall–Kier alpha value is -4.42. The molecule has 1 unspecified atom stereocenters. The maximum absolute atomic E-state index is 12.7. The second kappa shape index (κ2) is 12.0. The largest absolute Gasteiger partial charge is 0.450 e. The third-order valence-corrected chi connectivity index (χ3v) is 7.40. The lowest BCUT2D eigenvalue weighted by Crippen LogP contribution is -2.50. The number of nitrogens with one attached hydrogen (secondary N) is 2. The van der Waals surface area contributed by atoms with E-state index in [1.165, 1.54) is 0 Å². The molecule has 0 saturated carbocycles. The van der Waals surface area contributed by atoms with E-state index < -0.39 is 6.09 Å². The SMILES string of the molecule is CCOC(=O)Nc1nc2c(-c3ncccn3)cc(-c3ccc(CN4CCN(C(=O)C5CCOC5)CC4)nc3)cc2[nH]1. The molecule has 4 aromatic rings. The minimum atomic E-state index is -0.583. The van der Waals surface area contributed by atoms with E-state index in [-0.39, 0.29) is 24.4 Å². The second-order valence-electron chi connectivity index (χ2n) is 10.1. The maximum Gasteiger partial charge on any atom is 0.413 e. The van der Waals surface area contributed by atoms with E-state index in [4.69, 9.17) is 14.5 Å². The van der Waals surface area contributed by atoms with Crippen LogP contribution in [-0.2, 0) is 20.8 Å². The molecule has 12 nitrogen and oxygen atoms in total. The second-order valence-corrected chi connectivity index (χ2v) is 10.1. The minimum absolute atomic E-state index is 0.0196. The fourth-order valence-corrected chi connectivity index (χ4v) is 5.25. The molecule has 2 saturated heterocycles. The average molecular weight is 557 g/mol. The smallest absolute Gasteiger partial charge is 0.413 e. The molecule has 0 radical (unpaired) electrons. The quantitative estimate of drug-likeness (QED) is 0.351. The van der Waals surface area contributed by atoms with Crippen molar-refractivity contribution in [1.82, 2.24) is 34.7 Å². The number of H-pyrrole nitrogens is 1. The number of fused-ring (bicyclic) bond motifs is 1. The first-order chi connectivity index (χ1) is 20.1. The van der Waals surface area contributed by atoms with Gasteiger partial charge in [-0.15, -0.1) is 0 Å². The predicted octanol–water partition coefficient (Wildman–Crippen LogP) is 3.33. The van der Waals surface area contributed by atoms with E-state index >= 15 is 0 Å². The van der Waals surface area contributed by atoms with Crippen LogP contribution in [0, 0.1) is 5.92 Å². The Balaban J connectivity index is 1.18. The zero-order valence-corrected chi connectivity index (χ0v) is 22.9. The molecule has 41 heavy (non-hydrogen) atoms. The molecule has 2 fully saturated rings. The van der Waals surface area contributed by atoms with Gasteiger partial charge < -0.3 is 19.4 Å². The summed E-state index contributed by atoms with van der Waals surface area (Å²) in [5.74, 6) is 1.05. The number of rotatable bonds is 7. The fourth-order valence-electron chi connectivity index (χ4n) is 5.25. The van der Waals surface area contributed by atoms with Gasteiger partial charge in [0.1, 0.15) is 5.52 Å². The molecule has 2 aliphatic heterocycles. The summed E-state index contributed by atoms with van der Waals surface area (Å²) in [5.41, 5.74) is 4.89. The summed E-state index contributed by atoms with van der Waals surface area (Å²) in [6, 6.07) is 9.79. The summed E-state index contributed by atoms with van der Waals surface area (Å²) in [6.45, 7) is 7.06. The van der Waals surface area contributed by atoms with E-state index in [0.717, 1.165) is 67.0 Å². The molecule has 5 heterocycles. The van der Waals surface area contributed by atoms with E-state index in [1.807, 2.05) is 35.4 Å². The summed E-state index contributed by atoms with van der Waals surface area (Å²) in [5, 5.41) is 2.63. The lowest BCUT2D eigenvalue weighted by atomic mass is 10.0. The first-order valence-corrected chi connectivity index (χ1v) is 13.9. The van der Waals surface area contributed by atoms with Crippen molar-refractivity contribution in [2.45, 2.75) is 19.9 Å². The van der Waals surface area contributed by atoms with Crippen LogP contribution in [0.5, 0.6) is 0 Å². The molecule has 0 aliphatic carbocycles. The summed E-state index contributed by atoms with van der Waals surface area (Å²) in [6.07, 6.45) is 5.47. The molecule has 0 spiro atoms. The van der Waals surface area contributed by atoms with E-state index in [9.17, 15) is 9.59 Å². The van der Waals surface area contributed by atoms with Crippen LogP contribution in [0.15, 0.2) is 48.9 Å². The lowest BCUT2D eigenvalue weighted by molar-refractivity contribution is -0.137. The van der Waals surface area contributed by atoms with Gasteiger partial charge in [0, 0.05) is 69.0 Å². The van der Waals surface area contributed by atoms with E-state index in [1.54, 1.807) is 25.4 Å². The predicted molar refractivity (Wildman–Crippen MR) is 152 cm³/mol. The number of nitrogens with zero attached hydrogens (tertiary/aromatic N) is 6. The van der Waals surface area contributed by atoms with Gasteiger partial charge >= 0.3 is 6.09 Å². The third-order valence-electron chi connectivity index (χ3n) is 7.40. The first kappa shape index (κ1) is 26.8. The van der Waals surface area contributed by atoms with Gasteiger partial charge in [0.25, 0.3) is 0 Å². The van der Waals surface area contributed by atoms with Crippen LogP contribution < -0.4 is 5.32 Å². The van der Waals surface area contributed by atoms with Crippen LogP contribution in [0.25, 0.3) is 33.5 Å². The summed E-state index contributed by atoms with van der Waals surface area (Å²) >= 11 is 0. The number of hydrogen-bond donors (Lipinski definition) is 2. The number of aromatic nitrogens is 5. The van der Waals surface area contributed by atoms with Crippen molar-refractivity contribution in [3.05, 3.63) is 54.6 Å². The number of ether oxygens (including phenoxy) is 2. The van der Waals surface area contributed by atoms with Crippen LogP contribution in [0.4, 0.5) is 10.7 Å². The standard InChI is InChI=1S/C29H32N8O4/c1-2-41-29(39)35-28-33-24-15-21(14-23(25(24)34-28)26-30-7-3-8-31-26)19-4-5-22(32-16-19)17-36-9-11-37(12-10-36)27(38)20-6-13-40-18-20/h3-5,7-8,14-16,20H,2,6,9-13,17-18H2,1H3,(H2,33,34,35,39). The molecule has 12 heteroatoms. The number of piperazine rings is 1. The molecule has 2 amide bonds. The van der Waals surface area contributed by atoms with Gasteiger partial charge in [0.2, 0.25) is 11.9 Å². The van der Waals surface area contributed by atoms with Gasteiger partial charge in [-0.1, -0.05) is 6.07 Å². The Morgan fingerprint density at radius 3 is 2.63 bits per heavy atom. The van der Waals surface area contributed by atoms with Crippen LogP contribution >= 0.6 is 0 Å². The van der Waals surface area contributed by atoms with Crippen LogP contribution in [0.1, 0.15) is 19.0 Å². The van der Waals surface area contributed by atoms with Crippen molar-refractivity contribution in [3.63, 3.8) is 0 Å². The topological polar surface area (TPSA) is 138 Å². The number of carbonyl (C=O) groups excluding carboxylic acids is 2. The molecule has 6 rings (SSSR count). The molecular weight excluding hydrogens is 524 g/mol. The van der Waals surface area contributed by atoms with Gasteiger partial charge in [-0.2, -0.15) is 0 Å². The first-order valence-electron chi connectivity index (χ1n) is 13.9. The number of aromatic amines is 1. The Kier molecular flexibility index (Phi) is 7.83. The summed E-state index contributed by atoms with van der Waals surface area (Å²) in [4.78, 5) is 50.3. The van der Waals surface area contributed by atoms with E-state index in [2.05, 4.69) is 30.2 Å². The fraction of sp³-hybridized carbons (Fsp3) is 0.379. The number of imidazole rings is 1. The minimum Gasteiger partial charge on any atom is -0.450 e. The highest BCUT2D eigenvalue weighted by Crippen LogP contribution is 2.32. The van der Waals surface area contributed by atoms with Crippen LogP contribution in [-0.4, -0.2) is 92.7 Å². The average Bonchev–Trinajstić information content (AvgIpc) is 3.68. The van der Waals surface area contributed by atoms with Crippen molar-refractivity contribution in [3.8, 4) is 22.5 Å². The monoisotopic (exact) mass is 556 g/mol. The molecule has 1 aromatic carbocycles. The highest BCUT2D eigenvalue weighted by atomic mass is 16.5. The van der Waals surface area contributed by atoms with Crippen molar-refractivity contribution in [2.75, 3.05) is 51.3 Å². The lowest BCUT2D eigenvalue weighted by Gasteiger charge is -2.35. The number of hydrogen-bond acceptors (Lipinski definition) is 9. The summed E-state index contributed by atoms with van der Waals surface area (Å²) < 4.78 is 10.4. The number of amides is 2. The third kappa shape index (κ3) is 6.03. The number of pyridine rings is 1.